The molecule has 0 aromatic heterocycles. The number of halogens is 4. The molecule has 0 saturated heterocycles. The van der Waals surface area contributed by atoms with E-state index in [2.05, 4.69) is 10.6 Å². The highest BCUT2D eigenvalue weighted by Gasteiger charge is 2.09. The molecule has 0 radical (unpaired) electrons. The Hall–Kier alpha value is -1.13. The lowest BCUT2D eigenvalue weighted by Crippen LogP contribution is -2.19. The Morgan fingerprint density at radius 3 is 2.25 bits per heavy atom. The van der Waals surface area contributed by atoms with Crippen molar-refractivity contribution >= 4 is 63.8 Å². The molecule has 3 nitrogen and oxygen atoms in total. The predicted octanol–water partition coefficient (Wildman–Crippen LogP) is 5.94. The monoisotopic (exact) mass is 348 g/mol. The molecule has 7 heteroatoms. The number of anilines is 2. The molecule has 0 fully saturated rings. The Balaban J connectivity index is 2.10. The molecule has 0 bridgehead atoms. The zero-order valence-electron chi connectivity index (χ0n) is 9.88. The van der Waals surface area contributed by atoms with E-state index in [1.807, 2.05) is 0 Å². The molecule has 0 aliphatic rings. The van der Waals surface area contributed by atoms with E-state index in [0.29, 0.717) is 31.5 Å². The zero-order chi connectivity index (χ0) is 14.7. The first-order chi connectivity index (χ1) is 9.45. The number of nitrogens with one attached hydrogen (secondary N) is 2. The number of hydrogen-bond acceptors (Lipinski definition) is 1. The maximum Gasteiger partial charge on any atom is 0.323 e. The molecule has 0 saturated carbocycles. The van der Waals surface area contributed by atoms with Gasteiger partial charge in [-0.05, 0) is 30.3 Å². The highest BCUT2D eigenvalue weighted by molar-refractivity contribution is 6.44. The third-order valence-corrected chi connectivity index (χ3v) is 3.61. The van der Waals surface area contributed by atoms with Crippen LogP contribution in [0.3, 0.4) is 0 Å². The summed E-state index contributed by atoms with van der Waals surface area (Å²) in [4.78, 5) is 11.8. The van der Waals surface area contributed by atoms with E-state index in [-0.39, 0.29) is 0 Å². The van der Waals surface area contributed by atoms with Gasteiger partial charge in [-0.2, -0.15) is 0 Å². The van der Waals surface area contributed by atoms with Crippen LogP contribution < -0.4 is 10.6 Å². The van der Waals surface area contributed by atoms with Gasteiger partial charge in [-0.25, -0.2) is 4.79 Å². The smallest absolute Gasteiger partial charge is 0.308 e. The Labute approximate surface area is 135 Å². The second kappa shape index (κ2) is 6.55. The van der Waals surface area contributed by atoms with E-state index >= 15 is 0 Å². The summed E-state index contributed by atoms with van der Waals surface area (Å²) in [6.45, 7) is 0. The second-order valence-corrected chi connectivity index (χ2v) is 5.49. The van der Waals surface area contributed by atoms with E-state index in [0.717, 1.165) is 0 Å². The van der Waals surface area contributed by atoms with Gasteiger partial charge < -0.3 is 10.6 Å². The highest BCUT2D eigenvalue weighted by atomic mass is 35.5. The van der Waals surface area contributed by atoms with E-state index in [9.17, 15) is 4.79 Å². The van der Waals surface area contributed by atoms with Crippen LogP contribution in [0.2, 0.25) is 20.1 Å². The maximum atomic E-state index is 11.8. The standard InChI is InChI=1S/C13H8Cl4N2O/c14-7-2-1-3-8(4-7)18-13(20)19-12-6-10(16)9(15)5-11(12)17/h1-6H,(H2,18,19,20). The summed E-state index contributed by atoms with van der Waals surface area (Å²) < 4.78 is 0. The molecule has 2 N–H and O–H groups in total. The molecule has 0 atom stereocenters. The predicted molar refractivity (Wildman–Crippen MR) is 85.6 cm³/mol. The SMILES string of the molecule is O=C(Nc1cccc(Cl)c1)Nc1cc(Cl)c(Cl)cc1Cl. The van der Waals surface area contributed by atoms with Gasteiger partial charge in [0.15, 0.2) is 0 Å². The van der Waals surface area contributed by atoms with Gasteiger partial charge in [0.1, 0.15) is 0 Å². The minimum Gasteiger partial charge on any atom is -0.308 e. The lowest BCUT2D eigenvalue weighted by atomic mass is 10.3. The lowest BCUT2D eigenvalue weighted by Gasteiger charge is -2.10. The van der Waals surface area contributed by atoms with Crippen LogP contribution in [-0.2, 0) is 0 Å². The molecular formula is C13H8Cl4N2O. The zero-order valence-corrected chi connectivity index (χ0v) is 12.9. The lowest BCUT2D eigenvalue weighted by molar-refractivity contribution is 0.262. The van der Waals surface area contributed by atoms with Gasteiger partial charge in [0.05, 0.1) is 20.8 Å². The van der Waals surface area contributed by atoms with Gasteiger partial charge in [-0.1, -0.05) is 52.5 Å². The summed E-state index contributed by atoms with van der Waals surface area (Å²) in [6, 6.07) is 9.24. The second-order valence-electron chi connectivity index (χ2n) is 3.84. The first kappa shape index (κ1) is 15.3. The largest absolute Gasteiger partial charge is 0.323 e. The van der Waals surface area contributed by atoms with Gasteiger partial charge in [0, 0.05) is 10.7 Å². The van der Waals surface area contributed by atoms with E-state index in [4.69, 9.17) is 46.4 Å². The molecular weight excluding hydrogens is 342 g/mol. The van der Waals surface area contributed by atoms with E-state index in [1.54, 1.807) is 24.3 Å². The van der Waals surface area contributed by atoms with Crippen LogP contribution in [0.25, 0.3) is 0 Å². The quantitative estimate of drug-likeness (QED) is 0.646. The molecule has 2 amide bonds. The normalized spacial score (nSPS) is 10.2. The number of rotatable bonds is 2. The maximum absolute atomic E-state index is 11.8. The first-order valence-corrected chi connectivity index (χ1v) is 6.95. The molecule has 0 unspecified atom stereocenters. The summed E-state index contributed by atoms with van der Waals surface area (Å²) >= 11 is 23.5. The third-order valence-electron chi connectivity index (χ3n) is 2.34. The van der Waals surface area contributed by atoms with E-state index < -0.39 is 6.03 Å². The van der Waals surface area contributed by atoms with Crippen LogP contribution in [0.1, 0.15) is 0 Å². The number of carbonyl (C=O) groups is 1. The molecule has 0 spiro atoms. The Morgan fingerprint density at radius 1 is 0.850 bits per heavy atom. The molecule has 2 aromatic rings. The fourth-order valence-corrected chi connectivity index (χ4v) is 2.25. The number of hydrogen-bond donors (Lipinski definition) is 2. The van der Waals surface area contributed by atoms with Crippen molar-refractivity contribution in [1.29, 1.82) is 0 Å². The van der Waals surface area contributed by atoms with Crippen molar-refractivity contribution in [2.75, 3.05) is 10.6 Å². The number of amides is 2. The van der Waals surface area contributed by atoms with Crippen LogP contribution >= 0.6 is 46.4 Å². The Morgan fingerprint density at radius 2 is 1.55 bits per heavy atom. The van der Waals surface area contributed by atoms with Gasteiger partial charge in [0.2, 0.25) is 0 Å². The molecule has 20 heavy (non-hydrogen) atoms. The molecule has 104 valence electrons. The van der Waals surface area contributed by atoms with Crippen LogP contribution in [-0.4, -0.2) is 6.03 Å². The summed E-state index contributed by atoms with van der Waals surface area (Å²) in [7, 11) is 0. The summed E-state index contributed by atoms with van der Waals surface area (Å²) in [5, 5.41) is 6.63. The van der Waals surface area contributed by atoms with Gasteiger partial charge in [0.25, 0.3) is 0 Å². The molecule has 0 aliphatic heterocycles. The van der Waals surface area contributed by atoms with E-state index in [1.165, 1.54) is 12.1 Å². The van der Waals surface area contributed by atoms with Crippen molar-refractivity contribution in [2.45, 2.75) is 0 Å². The molecule has 0 aliphatic carbocycles. The first-order valence-electron chi connectivity index (χ1n) is 5.44. The number of benzene rings is 2. The number of urea groups is 1. The van der Waals surface area contributed by atoms with Crippen LogP contribution in [0.15, 0.2) is 36.4 Å². The summed E-state index contributed by atoms with van der Waals surface area (Å²) in [5.74, 6) is 0. The summed E-state index contributed by atoms with van der Waals surface area (Å²) in [5.41, 5.74) is 0.923. The Bertz CT molecular complexity index is 661. The summed E-state index contributed by atoms with van der Waals surface area (Å²) in [6.07, 6.45) is 0. The Kier molecular flexibility index (Phi) is 5.00. The van der Waals surface area contributed by atoms with Crippen molar-refractivity contribution < 1.29 is 4.79 Å². The fourth-order valence-electron chi connectivity index (χ4n) is 1.47. The van der Waals surface area contributed by atoms with Gasteiger partial charge in [-0.3, -0.25) is 0 Å². The van der Waals surface area contributed by atoms with Crippen molar-refractivity contribution in [1.82, 2.24) is 0 Å². The molecule has 0 heterocycles. The third kappa shape index (κ3) is 3.93. The molecule has 2 rings (SSSR count). The van der Waals surface area contributed by atoms with Crippen molar-refractivity contribution in [3.8, 4) is 0 Å². The highest BCUT2D eigenvalue weighted by Crippen LogP contribution is 2.32. The minimum absolute atomic E-state index is 0.292. The van der Waals surface area contributed by atoms with Crippen LogP contribution in [0, 0.1) is 0 Å². The minimum atomic E-state index is -0.465. The topological polar surface area (TPSA) is 41.1 Å². The fraction of sp³-hybridized carbons (Fsp3) is 0. The average molecular weight is 350 g/mol. The van der Waals surface area contributed by atoms with Crippen molar-refractivity contribution in [2.24, 2.45) is 0 Å². The molecule has 2 aromatic carbocycles. The van der Waals surface area contributed by atoms with Gasteiger partial charge >= 0.3 is 6.03 Å². The average Bonchev–Trinajstić information content (AvgIpc) is 2.36. The van der Waals surface area contributed by atoms with Crippen molar-refractivity contribution in [3.05, 3.63) is 56.5 Å². The number of carbonyl (C=O) groups excluding carboxylic acids is 1. The van der Waals surface area contributed by atoms with Crippen LogP contribution in [0.4, 0.5) is 16.2 Å². The van der Waals surface area contributed by atoms with Crippen molar-refractivity contribution in [3.63, 3.8) is 0 Å². The van der Waals surface area contributed by atoms with Gasteiger partial charge in [-0.15, -0.1) is 0 Å². The van der Waals surface area contributed by atoms with Crippen LogP contribution in [0.5, 0.6) is 0 Å².